The van der Waals surface area contributed by atoms with Gasteiger partial charge in [-0.05, 0) is 66.8 Å². The van der Waals surface area contributed by atoms with E-state index >= 15 is 0 Å². The number of halogens is 1. The van der Waals surface area contributed by atoms with E-state index in [0.717, 1.165) is 20.8 Å². The van der Waals surface area contributed by atoms with Gasteiger partial charge in [-0.25, -0.2) is 0 Å². The van der Waals surface area contributed by atoms with Crippen molar-refractivity contribution in [1.29, 1.82) is 0 Å². The molecule has 18 heavy (non-hydrogen) atoms. The molecule has 0 spiro atoms. The highest BCUT2D eigenvalue weighted by atomic mass is 127. The van der Waals surface area contributed by atoms with Gasteiger partial charge in [-0.3, -0.25) is 0 Å². The van der Waals surface area contributed by atoms with Crippen LogP contribution >= 0.6 is 22.6 Å². The third-order valence-corrected chi connectivity index (χ3v) is 3.25. The maximum atomic E-state index is 5.98. The fourth-order valence-electron chi connectivity index (χ4n) is 1.72. The summed E-state index contributed by atoms with van der Waals surface area (Å²) in [4.78, 5) is 0. The Balaban J connectivity index is 2.22. The molecule has 2 atom stereocenters. The lowest BCUT2D eigenvalue weighted by Crippen LogP contribution is -2.28. The first-order chi connectivity index (χ1) is 8.56. The number of hydrogen-bond donors (Lipinski definition) is 1. The maximum absolute atomic E-state index is 5.98. The largest absolute Gasteiger partial charge is 0.481 e. The Morgan fingerprint density at radius 2 is 2.06 bits per heavy atom. The van der Waals surface area contributed by atoms with Crippen LogP contribution in [0.4, 0.5) is 0 Å². The molecule has 2 aromatic rings. The van der Waals surface area contributed by atoms with Crippen LogP contribution in [0.15, 0.2) is 40.8 Å². The minimum absolute atomic E-state index is 0.145. The highest BCUT2D eigenvalue weighted by Crippen LogP contribution is 2.26. The van der Waals surface area contributed by atoms with Crippen LogP contribution in [0.1, 0.15) is 24.5 Å². The number of hydrogen-bond acceptors (Lipinski definition) is 3. The van der Waals surface area contributed by atoms with Crippen molar-refractivity contribution in [1.82, 2.24) is 0 Å². The predicted octanol–water partition coefficient (Wildman–Crippen LogP) is 3.66. The van der Waals surface area contributed by atoms with E-state index in [9.17, 15) is 0 Å². The normalized spacial score (nSPS) is 14.2. The van der Waals surface area contributed by atoms with Gasteiger partial charge < -0.3 is 14.9 Å². The predicted molar refractivity (Wildman–Crippen MR) is 79.6 cm³/mol. The average Bonchev–Trinajstić information content (AvgIpc) is 2.72. The summed E-state index contributed by atoms with van der Waals surface area (Å²) in [6.07, 6.45) is -0.267. The fourth-order valence-corrected chi connectivity index (χ4v) is 2.23. The fraction of sp³-hybridized carbons (Fsp3) is 0.286. The number of aryl methyl sites for hydroxylation is 1. The SMILES string of the molecule is Cc1ccc(C(Oc2cccc(I)c2)C(C)N)o1. The quantitative estimate of drug-likeness (QED) is 0.850. The van der Waals surface area contributed by atoms with Crippen LogP contribution in [-0.2, 0) is 0 Å². The van der Waals surface area contributed by atoms with Gasteiger partial charge in [0.05, 0.1) is 0 Å². The first-order valence-electron chi connectivity index (χ1n) is 5.80. The van der Waals surface area contributed by atoms with Gasteiger partial charge >= 0.3 is 0 Å². The topological polar surface area (TPSA) is 48.4 Å². The number of rotatable bonds is 4. The molecule has 0 aliphatic carbocycles. The highest BCUT2D eigenvalue weighted by molar-refractivity contribution is 14.1. The van der Waals surface area contributed by atoms with Gasteiger partial charge in [-0.2, -0.15) is 0 Å². The maximum Gasteiger partial charge on any atom is 0.171 e. The first kappa shape index (κ1) is 13.4. The summed E-state index contributed by atoms with van der Waals surface area (Å²) in [5, 5.41) is 0. The molecule has 0 saturated heterocycles. The molecule has 2 unspecified atom stereocenters. The molecular formula is C14H16INO2. The Kier molecular flexibility index (Phi) is 4.29. The molecule has 0 amide bonds. The van der Waals surface area contributed by atoms with Crippen molar-refractivity contribution in [3.63, 3.8) is 0 Å². The smallest absolute Gasteiger partial charge is 0.171 e. The number of nitrogens with two attached hydrogens (primary N) is 1. The molecule has 1 aromatic heterocycles. The van der Waals surface area contributed by atoms with Gasteiger partial charge in [-0.15, -0.1) is 0 Å². The lowest BCUT2D eigenvalue weighted by molar-refractivity contribution is 0.151. The third kappa shape index (κ3) is 3.26. The van der Waals surface area contributed by atoms with E-state index < -0.39 is 0 Å². The van der Waals surface area contributed by atoms with Gasteiger partial charge in [0.2, 0.25) is 0 Å². The molecule has 4 heteroatoms. The van der Waals surface area contributed by atoms with E-state index in [2.05, 4.69) is 22.6 Å². The molecule has 0 bridgehead atoms. The molecule has 0 aliphatic heterocycles. The minimum Gasteiger partial charge on any atom is -0.481 e. The number of benzene rings is 1. The van der Waals surface area contributed by atoms with Crippen LogP contribution < -0.4 is 10.5 Å². The third-order valence-electron chi connectivity index (χ3n) is 2.58. The summed E-state index contributed by atoms with van der Waals surface area (Å²) in [6, 6.07) is 11.6. The zero-order chi connectivity index (χ0) is 13.1. The van der Waals surface area contributed by atoms with Crippen LogP contribution in [0.3, 0.4) is 0 Å². The lowest BCUT2D eigenvalue weighted by atomic mass is 10.1. The second kappa shape index (κ2) is 5.75. The monoisotopic (exact) mass is 357 g/mol. The second-order valence-corrected chi connectivity index (χ2v) is 5.55. The van der Waals surface area contributed by atoms with Crippen LogP contribution in [0.25, 0.3) is 0 Å². The molecule has 96 valence electrons. The zero-order valence-electron chi connectivity index (χ0n) is 10.4. The Hall–Kier alpha value is -1.01. The van der Waals surface area contributed by atoms with E-state index in [-0.39, 0.29) is 12.1 Å². The second-order valence-electron chi connectivity index (χ2n) is 4.30. The van der Waals surface area contributed by atoms with Crippen molar-refractivity contribution in [3.8, 4) is 5.75 Å². The van der Waals surface area contributed by atoms with E-state index in [4.69, 9.17) is 14.9 Å². The van der Waals surface area contributed by atoms with Crippen molar-refractivity contribution in [2.75, 3.05) is 0 Å². The van der Waals surface area contributed by atoms with Crippen molar-refractivity contribution in [2.45, 2.75) is 26.0 Å². The van der Waals surface area contributed by atoms with E-state index in [1.54, 1.807) is 0 Å². The summed E-state index contributed by atoms with van der Waals surface area (Å²) >= 11 is 2.25. The van der Waals surface area contributed by atoms with Crippen LogP contribution in [0.5, 0.6) is 5.75 Å². The van der Waals surface area contributed by atoms with Gasteiger partial charge in [0.15, 0.2) is 6.10 Å². The summed E-state index contributed by atoms with van der Waals surface area (Å²) in [6.45, 7) is 3.82. The Morgan fingerprint density at radius 1 is 1.28 bits per heavy atom. The summed E-state index contributed by atoms with van der Waals surface area (Å²) in [5.41, 5.74) is 5.98. The lowest BCUT2D eigenvalue weighted by Gasteiger charge is -2.20. The van der Waals surface area contributed by atoms with Crippen molar-refractivity contribution in [2.24, 2.45) is 5.73 Å². The summed E-state index contributed by atoms with van der Waals surface area (Å²) < 4.78 is 12.7. The molecule has 3 nitrogen and oxygen atoms in total. The molecule has 0 aliphatic rings. The average molecular weight is 357 g/mol. The molecule has 2 rings (SSSR count). The van der Waals surface area contributed by atoms with Gasteiger partial charge in [0.25, 0.3) is 0 Å². The molecule has 0 fully saturated rings. The van der Waals surface area contributed by atoms with Crippen LogP contribution in [0, 0.1) is 10.5 Å². The Morgan fingerprint density at radius 3 is 2.61 bits per heavy atom. The summed E-state index contributed by atoms with van der Waals surface area (Å²) in [5.74, 6) is 2.43. The number of ether oxygens (including phenoxy) is 1. The Labute approximate surface area is 120 Å². The molecular weight excluding hydrogens is 341 g/mol. The zero-order valence-corrected chi connectivity index (χ0v) is 12.5. The Bertz CT molecular complexity index is 522. The molecule has 0 radical (unpaired) electrons. The molecule has 1 heterocycles. The van der Waals surface area contributed by atoms with E-state index in [1.807, 2.05) is 50.2 Å². The molecule has 1 aromatic carbocycles. The highest BCUT2D eigenvalue weighted by Gasteiger charge is 2.21. The summed E-state index contributed by atoms with van der Waals surface area (Å²) in [7, 11) is 0. The number of furan rings is 1. The first-order valence-corrected chi connectivity index (χ1v) is 6.88. The van der Waals surface area contributed by atoms with E-state index in [0.29, 0.717) is 0 Å². The standard InChI is InChI=1S/C14H16INO2/c1-9-6-7-13(17-9)14(10(2)16)18-12-5-3-4-11(15)8-12/h3-8,10,14H,16H2,1-2H3. The van der Waals surface area contributed by atoms with Crippen LogP contribution in [0.2, 0.25) is 0 Å². The van der Waals surface area contributed by atoms with Crippen molar-refractivity contribution >= 4 is 22.6 Å². The molecule has 0 saturated carbocycles. The van der Waals surface area contributed by atoms with Gasteiger partial charge in [0, 0.05) is 9.61 Å². The van der Waals surface area contributed by atoms with Gasteiger partial charge in [-0.1, -0.05) is 6.07 Å². The van der Waals surface area contributed by atoms with Crippen LogP contribution in [-0.4, -0.2) is 6.04 Å². The van der Waals surface area contributed by atoms with Crippen molar-refractivity contribution in [3.05, 3.63) is 51.5 Å². The van der Waals surface area contributed by atoms with E-state index in [1.165, 1.54) is 0 Å². The van der Waals surface area contributed by atoms with Gasteiger partial charge in [0.1, 0.15) is 17.3 Å². The van der Waals surface area contributed by atoms with Crippen molar-refractivity contribution < 1.29 is 9.15 Å². The minimum atomic E-state index is -0.267. The molecule has 2 N–H and O–H groups in total.